The highest BCUT2D eigenvalue weighted by Gasteiger charge is 2.18. The van der Waals surface area contributed by atoms with Crippen molar-refractivity contribution in [3.8, 4) is 0 Å². The average molecular weight is 497 g/mol. The van der Waals surface area contributed by atoms with Gasteiger partial charge >= 0.3 is 0 Å². The molecule has 3 aromatic rings. The molecule has 0 saturated carbocycles. The summed E-state index contributed by atoms with van der Waals surface area (Å²) in [6, 6.07) is 13.3. The summed E-state index contributed by atoms with van der Waals surface area (Å²) in [6.07, 6.45) is 0. The van der Waals surface area contributed by atoms with Gasteiger partial charge in [0.05, 0.1) is 9.79 Å². The van der Waals surface area contributed by atoms with Crippen LogP contribution in [0.15, 0.2) is 68.9 Å². The van der Waals surface area contributed by atoms with Crippen molar-refractivity contribution in [2.24, 2.45) is 0 Å². The summed E-state index contributed by atoms with van der Waals surface area (Å²) in [5.74, 6) is -0.0260. The molecule has 0 aliphatic rings. The van der Waals surface area contributed by atoms with Crippen molar-refractivity contribution in [2.75, 3.05) is 9.44 Å². The van der Waals surface area contributed by atoms with Crippen LogP contribution in [0.3, 0.4) is 0 Å². The first-order valence-electron chi connectivity index (χ1n) is 8.29. The van der Waals surface area contributed by atoms with Gasteiger partial charge in [-0.25, -0.2) is 31.5 Å². The fourth-order valence-corrected chi connectivity index (χ4v) is 5.10. The third kappa shape index (κ3) is 5.31. The highest BCUT2D eigenvalue weighted by Crippen LogP contribution is 2.21. The topological polar surface area (TPSA) is 118 Å². The third-order valence-electron chi connectivity index (χ3n) is 3.73. The molecule has 2 N–H and O–H groups in total. The molecule has 1 aromatic heterocycles. The monoisotopic (exact) mass is 496 g/mol. The van der Waals surface area contributed by atoms with Crippen LogP contribution in [0.2, 0.25) is 0 Å². The van der Waals surface area contributed by atoms with Gasteiger partial charge in [0.2, 0.25) is 5.95 Å². The lowest BCUT2D eigenvalue weighted by Gasteiger charge is -2.10. The van der Waals surface area contributed by atoms with E-state index in [-0.39, 0.29) is 21.4 Å². The van der Waals surface area contributed by atoms with Crippen LogP contribution in [-0.4, -0.2) is 26.8 Å². The zero-order chi connectivity index (χ0) is 21.2. The second-order valence-corrected chi connectivity index (χ2v) is 10.4. The molecule has 29 heavy (non-hydrogen) atoms. The second kappa shape index (κ2) is 8.09. The largest absolute Gasteiger partial charge is 0.280 e. The molecular weight excluding hydrogens is 480 g/mol. The zero-order valence-corrected chi connectivity index (χ0v) is 18.6. The maximum absolute atomic E-state index is 12.5. The number of aryl methyl sites for hydroxylation is 2. The minimum atomic E-state index is -3.92. The predicted octanol–water partition coefficient (Wildman–Crippen LogP) is 3.46. The maximum atomic E-state index is 12.5. The quantitative estimate of drug-likeness (QED) is 0.539. The van der Waals surface area contributed by atoms with E-state index < -0.39 is 20.0 Å². The standard InChI is InChI=1S/C18H17BrN4O4S2/c1-12-10-13(2)21-18(20-12)23-28(24,25)16-8-6-15(7-9-16)22-29(26,27)17-5-3-4-14(19)11-17/h3-11,22H,1-2H3,(H,20,21,23). The van der Waals surface area contributed by atoms with E-state index in [2.05, 4.69) is 35.3 Å². The van der Waals surface area contributed by atoms with E-state index in [0.717, 1.165) is 0 Å². The Morgan fingerprint density at radius 3 is 1.93 bits per heavy atom. The summed E-state index contributed by atoms with van der Waals surface area (Å²) >= 11 is 3.23. The number of rotatable bonds is 6. The molecule has 0 bridgehead atoms. The Bertz CT molecular complexity index is 1240. The lowest BCUT2D eigenvalue weighted by molar-refractivity contribution is 0.599. The van der Waals surface area contributed by atoms with Crippen LogP contribution in [0.1, 0.15) is 11.4 Å². The summed E-state index contributed by atoms with van der Waals surface area (Å²) < 4.78 is 55.4. The van der Waals surface area contributed by atoms with Crippen LogP contribution in [-0.2, 0) is 20.0 Å². The van der Waals surface area contributed by atoms with Gasteiger partial charge in [0, 0.05) is 21.5 Å². The first-order valence-corrected chi connectivity index (χ1v) is 12.0. The van der Waals surface area contributed by atoms with E-state index in [4.69, 9.17) is 0 Å². The molecule has 8 nitrogen and oxygen atoms in total. The molecule has 0 saturated heterocycles. The van der Waals surface area contributed by atoms with Crippen molar-refractivity contribution >= 4 is 47.6 Å². The van der Waals surface area contributed by atoms with Crippen LogP contribution in [0.25, 0.3) is 0 Å². The molecule has 0 aliphatic heterocycles. The van der Waals surface area contributed by atoms with Gasteiger partial charge in [-0.1, -0.05) is 22.0 Å². The number of benzene rings is 2. The lowest BCUT2D eigenvalue weighted by Crippen LogP contribution is -2.16. The van der Waals surface area contributed by atoms with Crippen LogP contribution < -0.4 is 9.44 Å². The van der Waals surface area contributed by atoms with Crippen molar-refractivity contribution < 1.29 is 16.8 Å². The fourth-order valence-electron chi connectivity index (χ4n) is 2.50. The van der Waals surface area contributed by atoms with Crippen molar-refractivity contribution in [1.82, 2.24) is 9.97 Å². The minimum Gasteiger partial charge on any atom is -0.280 e. The van der Waals surface area contributed by atoms with Gasteiger partial charge in [0.1, 0.15) is 0 Å². The number of sulfonamides is 2. The molecule has 1 heterocycles. The van der Waals surface area contributed by atoms with E-state index >= 15 is 0 Å². The van der Waals surface area contributed by atoms with Crippen LogP contribution in [0.5, 0.6) is 0 Å². The molecule has 0 aliphatic carbocycles. The second-order valence-electron chi connectivity index (χ2n) is 6.17. The molecule has 0 unspecified atom stereocenters. The summed E-state index contributed by atoms with van der Waals surface area (Å²) in [4.78, 5) is 8.14. The molecule has 0 radical (unpaired) electrons. The average Bonchev–Trinajstić information content (AvgIpc) is 2.60. The van der Waals surface area contributed by atoms with Gasteiger partial charge < -0.3 is 0 Å². The number of nitrogens with one attached hydrogen (secondary N) is 2. The number of aromatic nitrogens is 2. The number of nitrogens with zero attached hydrogens (tertiary/aromatic N) is 2. The zero-order valence-electron chi connectivity index (χ0n) is 15.4. The van der Waals surface area contributed by atoms with Crippen LogP contribution >= 0.6 is 15.9 Å². The fraction of sp³-hybridized carbons (Fsp3) is 0.111. The normalized spacial score (nSPS) is 11.8. The van der Waals surface area contributed by atoms with Gasteiger partial charge in [-0.3, -0.25) is 4.72 Å². The Kier molecular flexibility index (Phi) is 5.92. The highest BCUT2D eigenvalue weighted by molar-refractivity contribution is 9.10. The summed E-state index contributed by atoms with van der Waals surface area (Å²) in [7, 11) is -7.73. The summed E-state index contributed by atoms with van der Waals surface area (Å²) in [5, 5.41) is 0. The molecule has 0 amide bonds. The van der Waals surface area contributed by atoms with E-state index in [1.165, 1.54) is 36.4 Å². The minimum absolute atomic E-state index is 0.0260. The van der Waals surface area contributed by atoms with Crippen molar-refractivity contribution in [1.29, 1.82) is 0 Å². The van der Waals surface area contributed by atoms with Crippen molar-refractivity contribution in [3.05, 3.63) is 70.5 Å². The van der Waals surface area contributed by atoms with Gasteiger partial charge in [-0.2, -0.15) is 0 Å². The van der Waals surface area contributed by atoms with E-state index in [1.54, 1.807) is 32.0 Å². The Morgan fingerprint density at radius 1 is 0.759 bits per heavy atom. The molecule has 0 atom stereocenters. The molecule has 3 rings (SSSR count). The summed E-state index contributed by atoms with van der Waals surface area (Å²) in [6.45, 7) is 3.47. The van der Waals surface area contributed by atoms with E-state index in [9.17, 15) is 16.8 Å². The SMILES string of the molecule is Cc1cc(C)nc(NS(=O)(=O)c2ccc(NS(=O)(=O)c3cccc(Br)c3)cc2)n1. The first-order chi connectivity index (χ1) is 13.5. The van der Waals surface area contributed by atoms with Gasteiger partial charge in [0.15, 0.2) is 0 Å². The predicted molar refractivity (Wildman–Crippen MR) is 114 cm³/mol. The maximum Gasteiger partial charge on any atom is 0.264 e. The molecule has 0 spiro atoms. The Hall–Kier alpha value is -2.50. The van der Waals surface area contributed by atoms with Crippen LogP contribution in [0, 0.1) is 13.8 Å². The molecule has 152 valence electrons. The smallest absolute Gasteiger partial charge is 0.264 e. The van der Waals surface area contributed by atoms with E-state index in [0.29, 0.717) is 15.9 Å². The van der Waals surface area contributed by atoms with Crippen molar-refractivity contribution in [2.45, 2.75) is 23.6 Å². The van der Waals surface area contributed by atoms with Gasteiger partial charge in [0.25, 0.3) is 20.0 Å². The first kappa shape index (κ1) is 21.2. The third-order valence-corrected chi connectivity index (χ3v) is 6.95. The van der Waals surface area contributed by atoms with Gasteiger partial charge in [-0.05, 0) is 62.4 Å². The number of hydrogen-bond donors (Lipinski definition) is 2. The number of halogens is 1. The Labute approximate surface area is 177 Å². The van der Waals surface area contributed by atoms with Gasteiger partial charge in [-0.15, -0.1) is 0 Å². The molecule has 2 aromatic carbocycles. The highest BCUT2D eigenvalue weighted by atomic mass is 79.9. The lowest BCUT2D eigenvalue weighted by atomic mass is 10.3. The molecule has 11 heteroatoms. The number of anilines is 2. The van der Waals surface area contributed by atoms with Crippen molar-refractivity contribution in [3.63, 3.8) is 0 Å². The Morgan fingerprint density at radius 2 is 1.34 bits per heavy atom. The molecule has 0 fully saturated rings. The Balaban J connectivity index is 1.80. The van der Waals surface area contributed by atoms with E-state index in [1.807, 2.05) is 0 Å². The number of hydrogen-bond acceptors (Lipinski definition) is 6. The molecular formula is C18H17BrN4O4S2. The van der Waals surface area contributed by atoms with Crippen LogP contribution in [0.4, 0.5) is 11.6 Å². The summed E-state index contributed by atoms with van der Waals surface area (Å²) in [5.41, 5.74) is 1.49.